The van der Waals surface area contributed by atoms with E-state index in [1.54, 1.807) is 26.4 Å². The van der Waals surface area contributed by atoms with Gasteiger partial charge in [-0.05, 0) is 58.3 Å². The molecule has 0 N–H and O–H groups in total. The lowest BCUT2D eigenvalue weighted by Gasteiger charge is -2.37. The van der Waals surface area contributed by atoms with Gasteiger partial charge in [-0.3, -0.25) is 9.59 Å². The first-order valence-electron chi connectivity index (χ1n) is 8.56. The summed E-state index contributed by atoms with van der Waals surface area (Å²) in [5.74, 6) is 0.574. The molecule has 0 radical (unpaired) electrons. The second-order valence-electron chi connectivity index (χ2n) is 6.81. The number of allylic oxidation sites excluding steroid dienone is 2. The fourth-order valence-corrected chi connectivity index (χ4v) is 4.93. The Bertz CT molecular complexity index is 803. The molecule has 1 aromatic carbocycles. The van der Waals surface area contributed by atoms with Crippen LogP contribution in [0.1, 0.15) is 18.4 Å². The summed E-state index contributed by atoms with van der Waals surface area (Å²) < 4.78 is 11.3. The van der Waals surface area contributed by atoms with Crippen LogP contribution in [0.2, 0.25) is 0 Å². The van der Waals surface area contributed by atoms with E-state index in [1.165, 1.54) is 6.21 Å². The van der Waals surface area contributed by atoms with E-state index in [2.05, 4.69) is 33.2 Å². The van der Waals surface area contributed by atoms with Crippen LogP contribution in [0.5, 0.6) is 11.5 Å². The minimum absolute atomic E-state index is 0.164. The molecule has 1 aliphatic heterocycles. The Morgan fingerprint density at radius 3 is 2.19 bits per heavy atom. The van der Waals surface area contributed by atoms with E-state index in [0.29, 0.717) is 21.5 Å². The Morgan fingerprint density at radius 2 is 1.69 bits per heavy atom. The van der Waals surface area contributed by atoms with E-state index in [1.807, 2.05) is 0 Å². The number of halogens is 1. The Kier molecular flexibility index (Phi) is 4.34. The summed E-state index contributed by atoms with van der Waals surface area (Å²) in [7, 11) is 3.11. The molecule has 2 bridgehead atoms. The number of fused-ring (bicyclic) bond motifs is 1. The first-order valence-corrected chi connectivity index (χ1v) is 9.36. The third-order valence-electron chi connectivity index (χ3n) is 5.51. The van der Waals surface area contributed by atoms with Crippen LogP contribution in [0.25, 0.3) is 0 Å². The Morgan fingerprint density at radius 1 is 1.08 bits per heavy atom. The number of nitrogens with zero attached hydrogens (tertiary/aromatic N) is 2. The van der Waals surface area contributed by atoms with E-state index in [4.69, 9.17) is 9.47 Å². The highest BCUT2D eigenvalue weighted by atomic mass is 79.9. The smallest absolute Gasteiger partial charge is 0.254 e. The van der Waals surface area contributed by atoms with Crippen LogP contribution in [-0.4, -0.2) is 37.3 Å². The van der Waals surface area contributed by atoms with Crippen molar-refractivity contribution in [2.45, 2.75) is 12.8 Å². The average Bonchev–Trinajstić information content (AvgIpc) is 2.93. The number of ether oxygens (including phenoxy) is 2. The van der Waals surface area contributed by atoms with Crippen LogP contribution in [0.3, 0.4) is 0 Å². The summed E-state index contributed by atoms with van der Waals surface area (Å²) in [4.78, 5) is 25.5. The number of hydrazone groups is 1. The molecule has 0 aromatic heterocycles. The highest BCUT2D eigenvalue weighted by Crippen LogP contribution is 2.49. The number of hydrogen-bond donors (Lipinski definition) is 0. The normalized spacial score (nSPS) is 29.6. The second kappa shape index (κ2) is 6.54. The van der Waals surface area contributed by atoms with Crippen molar-refractivity contribution >= 4 is 34.0 Å². The SMILES string of the molecule is COc1cc(/C=N\N2C(=O)[C@H]3[C@H](C2=O)[C@@H]2C=C[C@@H]3CC2)cc(Br)c1OC. The number of carbonyl (C=O) groups is 2. The molecule has 2 amide bonds. The third-order valence-corrected chi connectivity index (χ3v) is 6.10. The monoisotopic (exact) mass is 418 g/mol. The topological polar surface area (TPSA) is 68.2 Å². The maximum Gasteiger partial charge on any atom is 0.254 e. The number of benzene rings is 1. The predicted octanol–water partition coefficient (Wildman–Crippen LogP) is 3.00. The number of imide groups is 1. The molecule has 2 fully saturated rings. The van der Waals surface area contributed by atoms with Crippen molar-refractivity contribution < 1.29 is 19.1 Å². The minimum Gasteiger partial charge on any atom is -0.493 e. The number of carbonyl (C=O) groups excluding carboxylic acids is 2. The molecule has 0 spiro atoms. The van der Waals surface area contributed by atoms with Crippen molar-refractivity contribution in [1.29, 1.82) is 0 Å². The fraction of sp³-hybridized carbons (Fsp3) is 0.421. The van der Waals surface area contributed by atoms with Crippen molar-refractivity contribution in [3.8, 4) is 11.5 Å². The molecular formula is C19H19BrN2O4. The Hall–Kier alpha value is -2.15. The zero-order valence-electron chi connectivity index (χ0n) is 14.5. The molecule has 1 aromatic rings. The van der Waals surface area contributed by atoms with Crippen LogP contribution < -0.4 is 9.47 Å². The number of methoxy groups -OCH3 is 2. The van der Waals surface area contributed by atoms with Gasteiger partial charge in [0.05, 0.1) is 36.7 Å². The van der Waals surface area contributed by atoms with Gasteiger partial charge >= 0.3 is 0 Å². The molecule has 5 rings (SSSR count). The first kappa shape index (κ1) is 17.3. The van der Waals surface area contributed by atoms with Crippen LogP contribution >= 0.6 is 15.9 Å². The zero-order chi connectivity index (χ0) is 18.4. The molecule has 6 nitrogen and oxygen atoms in total. The maximum atomic E-state index is 12.8. The highest BCUT2D eigenvalue weighted by molar-refractivity contribution is 9.10. The fourth-order valence-electron chi connectivity index (χ4n) is 4.31. The van der Waals surface area contributed by atoms with Gasteiger partial charge in [0.1, 0.15) is 0 Å². The van der Waals surface area contributed by atoms with E-state index in [9.17, 15) is 9.59 Å². The van der Waals surface area contributed by atoms with Gasteiger partial charge < -0.3 is 9.47 Å². The van der Waals surface area contributed by atoms with Gasteiger partial charge in [0, 0.05) is 0 Å². The summed E-state index contributed by atoms with van der Waals surface area (Å²) in [6, 6.07) is 3.55. The highest BCUT2D eigenvalue weighted by Gasteiger charge is 2.56. The maximum absolute atomic E-state index is 12.8. The summed E-state index contributed by atoms with van der Waals surface area (Å²) in [6.45, 7) is 0. The summed E-state index contributed by atoms with van der Waals surface area (Å²) in [5, 5.41) is 5.27. The standard InChI is InChI=1S/C19H19BrN2O4/c1-25-14-8-10(7-13(20)17(14)26-2)9-21-22-18(23)15-11-3-4-12(6-5-11)16(15)19(22)24/h3-4,7-9,11-12,15-16H,5-6H2,1-2H3/b21-9-/t11-,12-,15-,16-/m1/s1. The molecule has 26 heavy (non-hydrogen) atoms. The van der Waals surface area contributed by atoms with Gasteiger partial charge in [-0.25, -0.2) is 0 Å². The van der Waals surface area contributed by atoms with Crippen LogP contribution in [-0.2, 0) is 9.59 Å². The summed E-state index contributed by atoms with van der Waals surface area (Å²) in [5.41, 5.74) is 0.700. The lowest BCUT2D eigenvalue weighted by atomic mass is 9.63. The van der Waals surface area contributed by atoms with Crippen LogP contribution in [0.4, 0.5) is 0 Å². The van der Waals surface area contributed by atoms with E-state index in [0.717, 1.165) is 17.9 Å². The van der Waals surface area contributed by atoms with Crippen molar-refractivity contribution in [3.05, 3.63) is 34.3 Å². The van der Waals surface area contributed by atoms with Crippen molar-refractivity contribution in [2.24, 2.45) is 28.8 Å². The minimum atomic E-state index is -0.250. The molecule has 4 atom stereocenters. The van der Waals surface area contributed by atoms with E-state index >= 15 is 0 Å². The lowest BCUT2D eigenvalue weighted by Crippen LogP contribution is -2.38. The molecule has 0 unspecified atom stereocenters. The number of hydrogen-bond acceptors (Lipinski definition) is 5. The van der Waals surface area contributed by atoms with Crippen LogP contribution in [0, 0.1) is 23.7 Å². The van der Waals surface area contributed by atoms with Gasteiger partial charge in [-0.1, -0.05) is 12.2 Å². The Labute approximate surface area is 160 Å². The third kappa shape index (κ3) is 2.57. The molecule has 1 saturated heterocycles. The molecule has 7 heteroatoms. The van der Waals surface area contributed by atoms with Gasteiger partial charge in [0.15, 0.2) is 11.5 Å². The van der Waals surface area contributed by atoms with Gasteiger partial charge in [0.25, 0.3) is 11.8 Å². The zero-order valence-corrected chi connectivity index (χ0v) is 16.1. The summed E-state index contributed by atoms with van der Waals surface area (Å²) in [6.07, 6.45) is 7.65. The predicted molar refractivity (Wildman–Crippen MR) is 99.0 cm³/mol. The Balaban J connectivity index is 1.61. The first-order chi connectivity index (χ1) is 12.5. The lowest BCUT2D eigenvalue weighted by molar-refractivity contribution is -0.140. The van der Waals surface area contributed by atoms with Crippen molar-refractivity contribution in [3.63, 3.8) is 0 Å². The number of rotatable bonds is 4. The average molecular weight is 419 g/mol. The van der Waals surface area contributed by atoms with Gasteiger partial charge in [-0.15, -0.1) is 0 Å². The van der Waals surface area contributed by atoms with E-state index < -0.39 is 0 Å². The molecule has 1 saturated carbocycles. The largest absolute Gasteiger partial charge is 0.493 e. The molecule has 136 valence electrons. The van der Waals surface area contributed by atoms with E-state index in [-0.39, 0.29) is 35.5 Å². The summed E-state index contributed by atoms with van der Waals surface area (Å²) >= 11 is 3.43. The molecular weight excluding hydrogens is 400 g/mol. The quantitative estimate of drug-likeness (QED) is 0.428. The number of amides is 2. The van der Waals surface area contributed by atoms with Crippen LogP contribution in [0.15, 0.2) is 33.9 Å². The molecule has 3 aliphatic carbocycles. The van der Waals surface area contributed by atoms with Gasteiger partial charge in [-0.2, -0.15) is 10.1 Å². The molecule has 4 aliphatic rings. The van der Waals surface area contributed by atoms with Crippen molar-refractivity contribution in [1.82, 2.24) is 5.01 Å². The second-order valence-corrected chi connectivity index (χ2v) is 7.67. The molecule has 1 heterocycles. The van der Waals surface area contributed by atoms with Gasteiger partial charge in [0.2, 0.25) is 0 Å². The van der Waals surface area contributed by atoms with Crippen molar-refractivity contribution in [2.75, 3.05) is 14.2 Å².